The zero-order valence-corrected chi connectivity index (χ0v) is 14.7. The lowest BCUT2D eigenvalue weighted by Crippen LogP contribution is -2.39. The van der Waals surface area contributed by atoms with E-state index >= 15 is 0 Å². The van der Waals surface area contributed by atoms with Crippen molar-refractivity contribution in [2.24, 2.45) is 5.92 Å². The van der Waals surface area contributed by atoms with Crippen LogP contribution >= 0.6 is 15.9 Å². The first kappa shape index (κ1) is 17.6. The van der Waals surface area contributed by atoms with Crippen LogP contribution in [0.2, 0.25) is 0 Å². The molecule has 0 saturated heterocycles. The Morgan fingerprint density at radius 3 is 2.45 bits per heavy atom. The van der Waals surface area contributed by atoms with Crippen molar-refractivity contribution in [3.05, 3.63) is 34.1 Å². The lowest BCUT2D eigenvalue weighted by Gasteiger charge is -2.28. The van der Waals surface area contributed by atoms with E-state index in [1.54, 1.807) is 6.07 Å². The molecule has 0 heterocycles. The highest BCUT2D eigenvalue weighted by Gasteiger charge is 2.16. The molecule has 2 nitrogen and oxygen atoms in total. The molecule has 1 N–H and O–H groups in total. The summed E-state index contributed by atoms with van der Waals surface area (Å²) in [6, 6.07) is 5.55. The second-order valence-electron chi connectivity index (χ2n) is 6.04. The molecule has 1 aromatic carbocycles. The Balaban J connectivity index is 2.65. The van der Waals surface area contributed by atoms with Crippen LogP contribution in [-0.2, 0) is 0 Å². The Kier molecular flexibility index (Phi) is 7.13. The van der Waals surface area contributed by atoms with Gasteiger partial charge in [-0.15, -0.1) is 0 Å². The molecule has 114 valence electrons. The maximum absolute atomic E-state index is 13.8. The Bertz CT molecular complexity index is 421. The third kappa shape index (κ3) is 5.51. The van der Waals surface area contributed by atoms with Gasteiger partial charge in [-0.3, -0.25) is 0 Å². The average molecular weight is 345 g/mol. The number of benzene rings is 1. The Hall–Kier alpha value is -0.450. The van der Waals surface area contributed by atoms with Crippen molar-refractivity contribution < 1.29 is 4.39 Å². The number of nitrogens with zero attached hydrogens (tertiary/aromatic N) is 1. The van der Waals surface area contributed by atoms with E-state index in [1.165, 1.54) is 6.07 Å². The standard InChI is InChI=1S/C16H26BrFN2/c1-11(2)8-14(20(4)5)10-19-12(3)15-9-13(17)6-7-16(15)18/h6-7,9,11-12,14,19H,8,10H2,1-5H3. The number of likely N-dealkylation sites (N-methyl/N-ethyl adjacent to an activating group) is 1. The third-order valence-electron chi connectivity index (χ3n) is 3.56. The Morgan fingerprint density at radius 1 is 1.25 bits per heavy atom. The summed E-state index contributed by atoms with van der Waals surface area (Å²) in [5.74, 6) is 0.501. The van der Waals surface area contributed by atoms with E-state index in [1.807, 2.05) is 13.0 Å². The van der Waals surface area contributed by atoms with Crippen LogP contribution in [0.1, 0.15) is 38.8 Å². The molecule has 0 aliphatic carbocycles. The second-order valence-corrected chi connectivity index (χ2v) is 6.96. The highest BCUT2D eigenvalue weighted by Crippen LogP contribution is 2.21. The number of halogens is 2. The molecule has 0 amide bonds. The van der Waals surface area contributed by atoms with E-state index in [4.69, 9.17) is 0 Å². The summed E-state index contributed by atoms with van der Waals surface area (Å²) in [5, 5.41) is 3.45. The fourth-order valence-electron chi connectivity index (χ4n) is 2.29. The minimum atomic E-state index is -0.154. The van der Waals surface area contributed by atoms with Gasteiger partial charge in [0, 0.05) is 28.7 Å². The molecule has 0 spiro atoms. The van der Waals surface area contributed by atoms with Crippen LogP contribution in [0, 0.1) is 11.7 Å². The molecule has 0 bridgehead atoms. The van der Waals surface area contributed by atoms with E-state index < -0.39 is 0 Å². The summed E-state index contributed by atoms with van der Waals surface area (Å²) in [6.07, 6.45) is 1.13. The molecular formula is C16H26BrFN2. The van der Waals surface area contributed by atoms with Crippen LogP contribution in [0.15, 0.2) is 22.7 Å². The minimum Gasteiger partial charge on any atom is -0.309 e. The van der Waals surface area contributed by atoms with Crippen molar-refractivity contribution in [3.8, 4) is 0 Å². The fraction of sp³-hybridized carbons (Fsp3) is 0.625. The number of rotatable bonds is 7. The average Bonchev–Trinajstić information content (AvgIpc) is 2.36. The monoisotopic (exact) mass is 344 g/mol. The molecule has 0 saturated carbocycles. The van der Waals surface area contributed by atoms with Gasteiger partial charge in [0.05, 0.1) is 0 Å². The molecule has 4 heteroatoms. The van der Waals surface area contributed by atoms with E-state index in [2.05, 4.69) is 54.1 Å². The summed E-state index contributed by atoms with van der Waals surface area (Å²) in [5.41, 5.74) is 0.710. The van der Waals surface area contributed by atoms with Gasteiger partial charge < -0.3 is 10.2 Å². The SMILES string of the molecule is CC(C)CC(CNC(C)c1cc(Br)ccc1F)N(C)C. The van der Waals surface area contributed by atoms with Crippen LogP contribution < -0.4 is 5.32 Å². The van der Waals surface area contributed by atoms with Crippen LogP contribution in [0.25, 0.3) is 0 Å². The summed E-state index contributed by atoms with van der Waals surface area (Å²) in [6.45, 7) is 7.33. The van der Waals surface area contributed by atoms with Crippen molar-refractivity contribution in [2.45, 2.75) is 39.3 Å². The maximum Gasteiger partial charge on any atom is 0.128 e. The van der Waals surface area contributed by atoms with Gasteiger partial charge in [0.1, 0.15) is 5.82 Å². The first-order chi connectivity index (χ1) is 9.31. The van der Waals surface area contributed by atoms with Gasteiger partial charge in [-0.1, -0.05) is 29.8 Å². The van der Waals surface area contributed by atoms with Crippen molar-refractivity contribution in [2.75, 3.05) is 20.6 Å². The predicted molar refractivity (Wildman–Crippen MR) is 87.4 cm³/mol. The van der Waals surface area contributed by atoms with Gasteiger partial charge in [-0.25, -0.2) is 4.39 Å². The molecule has 2 atom stereocenters. The molecule has 0 aromatic heterocycles. The van der Waals surface area contributed by atoms with Crippen molar-refractivity contribution in [1.29, 1.82) is 0 Å². The second kappa shape index (κ2) is 8.11. The highest BCUT2D eigenvalue weighted by molar-refractivity contribution is 9.10. The molecule has 0 fully saturated rings. The quantitative estimate of drug-likeness (QED) is 0.796. The molecule has 0 radical (unpaired) electrons. The zero-order valence-electron chi connectivity index (χ0n) is 13.1. The van der Waals surface area contributed by atoms with E-state index in [9.17, 15) is 4.39 Å². The van der Waals surface area contributed by atoms with Crippen LogP contribution in [0.4, 0.5) is 4.39 Å². The summed E-state index contributed by atoms with van der Waals surface area (Å²) < 4.78 is 14.8. The lowest BCUT2D eigenvalue weighted by molar-refractivity contribution is 0.241. The van der Waals surface area contributed by atoms with Gasteiger partial charge >= 0.3 is 0 Å². The predicted octanol–water partition coefficient (Wildman–Crippen LogP) is 4.22. The largest absolute Gasteiger partial charge is 0.309 e. The lowest BCUT2D eigenvalue weighted by atomic mass is 10.0. The summed E-state index contributed by atoms with van der Waals surface area (Å²) >= 11 is 3.40. The molecule has 20 heavy (non-hydrogen) atoms. The van der Waals surface area contributed by atoms with E-state index in [0.717, 1.165) is 17.4 Å². The van der Waals surface area contributed by atoms with Gasteiger partial charge in [0.25, 0.3) is 0 Å². The molecule has 1 aromatic rings. The molecule has 1 rings (SSSR count). The van der Waals surface area contributed by atoms with Crippen LogP contribution in [0.3, 0.4) is 0 Å². The number of hydrogen-bond acceptors (Lipinski definition) is 2. The summed E-state index contributed by atoms with van der Waals surface area (Å²) in [4.78, 5) is 2.23. The summed E-state index contributed by atoms with van der Waals surface area (Å²) in [7, 11) is 4.19. The minimum absolute atomic E-state index is 0.00196. The fourth-order valence-corrected chi connectivity index (χ4v) is 2.67. The number of nitrogens with one attached hydrogen (secondary N) is 1. The normalized spacial score (nSPS) is 14.8. The Labute approximate surface area is 130 Å². The third-order valence-corrected chi connectivity index (χ3v) is 4.05. The van der Waals surface area contributed by atoms with Gasteiger partial charge in [0.2, 0.25) is 0 Å². The molecule has 2 unspecified atom stereocenters. The van der Waals surface area contributed by atoms with Crippen molar-refractivity contribution >= 4 is 15.9 Å². The first-order valence-corrected chi connectivity index (χ1v) is 7.95. The zero-order chi connectivity index (χ0) is 15.3. The van der Waals surface area contributed by atoms with Gasteiger partial charge in [-0.05, 0) is 51.6 Å². The van der Waals surface area contributed by atoms with Crippen LogP contribution in [0.5, 0.6) is 0 Å². The highest BCUT2D eigenvalue weighted by atomic mass is 79.9. The molecular weight excluding hydrogens is 319 g/mol. The van der Waals surface area contributed by atoms with Crippen molar-refractivity contribution in [1.82, 2.24) is 10.2 Å². The smallest absolute Gasteiger partial charge is 0.128 e. The van der Waals surface area contributed by atoms with Gasteiger partial charge in [-0.2, -0.15) is 0 Å². The number of hydrogen-bond donors (Lipinski definition) is 1. The topological polar surface area (TPSA) is 15.3 Å². The van der Waals surface area contributed by atoms with Crippen molar-refractivity contribution in [3.63, 3.8) is 0 Å². The molecule has 0 aliphatic rings. The molecule has 0 aliphatic heterocycles. The maximum atomic E-state index is 13.8. The van der Waals surface area contributed by atoms with Gasteiger partial charge in [0.15, 0.2) is 0 Å². The first-order valence-electron chi connectivity index (χ1n) is 7.16. The van der Waals surface area contributed by atoms with Crippen LogP contribution in [-0.4, -0.2) is 31.6 Å². The van der Waals surface area contributed by atoms with E-state index in [-0.39, 0.29) is 11.9 Å². The Morgan fingerprint density at radius 2 is 1.90 bits per heavy atom. The van der Waals surface area contributed by atoms with E-state index in [0.29, 0.717) is 17.5 Å².